The summed E-state index contributed by atoms with van der Waals surface area (Å²) in [7, 11) is 0. The molecule has 84 valence electrons. The zero-order chi connectivity index (χ0) is 11.8. The van der Waals surface area contributed by atoms with E-state index in [1.54, 1.807) is 6.08 Å². The van der Waals surface area contributed by atoms with E-state index in [-0.39, 0.29) is 12.6 Å². The summed E-state index contributed by atoms with van der Waals surface area (Å²) >= 11 is 0. The van der Waals surface area contributed by atoms with Crippen LogP contribution in [-0.2, 0) is 14.3 Å². The minimum Gasteiger partial charge on any atom is -0.441 e. The average Bonchev–Trinajstić information content (AvgIpc) is 2.27. The fourth-order valence-corrected chi connectivity index (χ4v) is 0.985. The molecule has 0 aliphatic heterocycles. The molecule has 1 aromatic carbocycles. The molecular weight excluding hydrogens is 206 g/mol. The molecule has 16 heavy (non-hydrogen) atoms. The van der Waals surface area contributed by atoms with Crippen LogP contribution in [0.4, 0.5) is 0 Å². The van der Waals surface area contributed by atoms with Gasteiger partial charge in [-0.25, -0.2) is 4.79 Å². The number of esters is 1. The van der Waals surface area contributed by atoms with Crippen molar-refractivity contribution in [3.8, 4) is 0 Å². The Morgan fingerprint density at radius 2 is 2.00 bits per heavy atom. The van der Waals surface area contributed by atoms with E-state index >= 15 is 0 Å². The molecule has 0 aliphatic rings. The van der Waals surface area contributed by atoms with Crippen LogP contribution in [0.1, 0.15) is 12.5 Å². The molecule has 0 bridgehead atoms. The first-order valence-electron chi connectivity index (χ1n) is 4.83. The Kier molecular flexibility index (Phi) is 4.79. The highest BCUT2D eigenvalue weighted by Crippen LogP contribution is 2.00. The Labute approximate surface area is 93.9 Å². The zero-order valence-corrected chi connectivity index (χ0v) is 8.97. The number of amides is 1. The Hall–Kier alpha value is -2.10. The third kappa shape index (κ3) is 4.95. The summed E-state index contributed by atoms with van der Waals surface area (Å²) in [6.45, 7) is 1.25. The first kappa shape index (κ1) is 12.0. The lowest BCUT2D eigenvalue weighted by molar-refractivity contribution is -0.139. The van der Waals surface area contributed by atoms with Crippen LogP contribution in [0, 0.1) is 0 Å². The second-order valence-electron chi connectivity index (χ2n) is 3.08. The van der Waals surface area contributed by atoms with Gasteiger partial charge in [-0.3, -0.25) is 4.79 Å². The van der Waals surface area contributed by atoms with Crippen molar-refractivity contribution in [3.63, 3.8) is 0 Å². The standard InChI is InChI=1S/C12H13NO3/c1-10(14)13-9-16-12(15)8-7-11-5-3-2-4-6-11/h2-8H,9H2,1H3,(H,13,14). The summed E-state index contributed by atoms with van der Waals surface area (Å²) in [4.78, 5) is 21.6. The molecule has 0 saturated heterocycles. The average molecular weight is 219 g/mol. The minimum atomic E-state index is -0.488. The van der Waals surface area contributed by atoms with Crippen molar-refractivity contribution in [3.05, 3.63) is 42.0 Å². The molecule has 0 atom stereocenters. The van der Waals surface area contributed by atoms with Crippen LogP contribution in [-0.4, -0.2) is 18.6 Å². The largest absolute Gasteiger partial charge is 0.441 e. The van der Waals surface area contributed by atoms with E-state index in [0.717, 1.165) is 5.56 Å². The number of rotatable bonds is 4. The molecule has 0 saturated carbocycles. The van der Waals surface area contributed by atoms with Gasteiger partial charge in [0.25, 0.3) is 0 Å². The highest BCUT2D eigenvalue weighted by molar-refractivity contribution is 5.87. The molecule has 0 fully saturated rings. The van der Waals surface area contributed by atoms with Crippen LogP contribution in [0.2, 0.25) is 0 Å². The third-order valence-electron chi connectivity index (χ3n) is 1.75. The number of carbonyl (C=O) groups is 2. The van der Waals surface area contributed by atoms with Gasteiger partial charge >= 0.3 is 5.97 Å². The van der Waals surface area contributed by atoms with Crippen LogP contribution in [0.5, 0.6) is 0 Å². The molecule has 0 radical (unpaired) electrons. The quantitative estimate of drug-likeness (QED) is 0.472. The van der Waals surface area contributed by atoms with Gasteiger partial charge in [-0.2, -0.15) is 0 Å². The second kappa shape index (κ2) is 6.40. The molecule has 0 aromatic heterocycles. The van der Waals surface area contributed by atoms with E-state index in [0.29, 0.717) is 0 Å². The van der Waals surface area contributed by atoms with Crippen LogP contribution in [0.3, 0.4) is 0 Å². The first-order chi connectivity index (χ1) is 7.68. The SMILES string of the molecule is CC(=O)NCOC(=O)C=Cc1ccccc1. The highest BCUT2D eigenvalue weighted by Gasteiger charge is 1.96. The van der Waals surface area contributed by atoms with Gasteiger partial charge < -0.3 is 10.1 Å². The molecule has 1 rings (SSSR count). The smallest absolute Gasteiger partial charge is 0.332 e. The molecule has 1 N–H and O–H groups in total. The van der Waals surface area contributed by atoms with Crippen molar-refractivity contribution >= 4 is 18.0 Å². The summed E-state index contributed by atoms with van der Waals surface area (Å²) in [5.74, 6) is -0.725. The van der Waals surface area contributed by atoms with E-state index in [1.165, 1.54) is 13.0 Å². The fraction of sp³-hybridized carbons (Fsp3) is 0.167. The van der Waals surface area contributed by atoms with Crippen molar-refractivity contribution < 1.29 is 14.3 Å². The molecular formula is C12H13NO3. The molecule has 1 aromatic rings. The predicted octanol–water partition coefficient (Wildman–Crippen LogP) is 1.34. The van der Waals surface area contributed by atoms with Crippen molar-refractivity contribution in [1.29, 1.82) is 0 Å². The number of nitrogens with one attached hydrogen (secondary N) is 1. The molecule has 0 aliphatic carbocycles. The van der Waals surface area contributed by atoms with Gasteiger partial charge in [0.2, 0.25) is 5.91 Å². The monoisotopic (exact) mass is 219 g/mol. The molecule has 1 amide bonds. The van der Waals surface area contributed by atoms with Gasteiger partial charge in [0, 0.05) is 13.0 Å². The molecule has 0 spiro atoms. The van der Waals surface area contributed by atoms with Gasteiger partial charge in [-0.1, -0.05) is 30.3 Å². The number of carbonyl (C=O) groups excluding carboxylic acids is 2. The second-order valence-corrected chi connectivity index (χ2v) is 3.08. The van der Waals surface area contributed by atoms with Crippen LogP contribution >= 0.6 is 0 Å². The summed E-state index contributed by atoms with van der Waals surface area (Å²) in [5, 5.41) is 2.36. The van der Waals surface area contributed by atoms with Crippen LogP contribution in [0.25, 0.3) is 6.08 Å². The maximum atomic E-state index is 11.1. The van der Waals surface area contributed by atoms with Crippen molar-refractivity contribution in [2.45, 2.75) is 6.92 Å². The van der Waals surface area contributed by atoms with E-state index in [4.69, 9.17) is 4.74 Å². The number of benzene rings is 1. The lowest BCUT2D eigenvalue weighted by Gasteiger charge is -2.01. The van der Waals surface area contributed by atoms with Gasteiger partial charge in [-0.15, -0.1) is 0 Å². The maximum absolute atomic E-state index is 11.1. The topological polar surface area (TPSA) is 55.4 Å². The first-order valence-corrected chi connectivity index (χ1v) is 4.83. The van der Waals surface area contributed by atoms with Gasteiger partial charge in [0.05, 0.1) is 0 Å². The summed E-state index contributed by atoms with van der Waals surface area (Å²) < 4.78 is 4.72. The van der Waals surface area contributed by atoms with Gasteiger partial charge in [-0.05, 0) is 11.6 Å². The number of hydrogen-bond donors (Lipinski definition) is 1. The Balaban J connectivity index is 2.34. The molecule has 0 unspecified atom stereocenters. The van der Waals surface area contributed by atoms with E-state index in [2.05, 4.69) is 5.32 Å². The summed E-state index contributed by atoms with van der Waals surface area (Å²) in [6, 6.07) is 9.40. The molecule has 0 heterocycles. The molecule has 4 heteroatoms. The lowest BCUT2D eigenvalue weighted by atomic mass is 10.2. The molecule has 4 nitrogen and oxygen atoms in total. The van der Waals surface area contributed by atoms with Crippen LogP contribution < -0.4 is 5.32 Å². The van der Waals surface area contributed by atoms with Gasteiger partial charge in [0.15, 0.2) is 6.73 Å². The normalized spacial score (nSPS) is 10.1. The summed E-state index contributed by atoms with van der Waals surface area (Å²) in [5.41, 5.74) is 0.916. The third-order valence-corrected chi connectivity index (χ3v) is 1.75. The van der Waals surface area contributed by atoms with Crippen molar-refractivity contribution in [2.24, 2.45) is 0 Å². The Morgan fingerprint density at radius 1 is 1.31 bits per heavy atom. The van der Waals surface area contributed by atoms with Crippen molar-refractivity contribution in [1.82, 2.24) is 5.32 Å². The predicted molar refractivity (Wildman–Crippen MR) is 60.3 cm³/mol. The van der Waals surface area contributed by atoms with E-state index < -0.39 is 5.97 Å². The lowest BCUT2D eigenvalue weighted by Crippen LogP contribution is -2.24. The van der Waals surface area contributed by atoms with E-state index in [1.807, 2.05) is 30.3 Å². The fourth-order valence-electron chi connectivity index (χ4n) is 0.985. The number of hydrogen-bond acceptors (Lipinski definition) is 3. The zero-order valence-electron chi connectivity index (χ0n) is 8.97. The van der Waals surface area contributed by atoms with Gasteiger partial charge in [0.1, 0.15) is 0 Å². The maximum Gasteiger partial charge on any atom is 0.332 e. The van der Waals surface area contributed by atoms with Crippen LogP contribution in [0.15, 0.2) is 36.4 Å². The Morgan fingerprint density at radius 3 is 2.62 bits per heavy atom. The van der Waals surface area contributed by atoms with E-state index in [9.17, 15) is 9.59 Å². The highest BCUT2D eigenvalue weighted by atomic mass is 16.5. The number of ether oxygens (including phenoxy) is 1. The minimum absolute atomic E-state index is 0.104. The Bertz CT molecular complexity index is 385. The van der Waals surface area contributed by atoms with Crippen molar-refractivity contribution in [2.75, 3.05) is 6.73 Å². The summed E-state index contributed by atoms with van der Waals surface area (Å²) in [6.07, 6.45) is 2.97.